The molecule has 0 radical (unpaired) electrons. The summed E-state index contributed by atoms with van der Waals surface area (Å²) in [6, 6.07) is 9.99. The van der Waals surface area contributed by atoms with Crippen LogP contribution in [0.3, 0.4) is 0 Å². The zero-order chi connectivity index (χ0) is 9.10. The molecule has 0 saturated carbocycles. The second-order valence-corrected chi connectivity index (χ2v) is 3.05. The van der Waals surface area contributed by atoms with Crippen LogP contribution in [0.15, 0.2) is 30.3 Å². The van der Waals surface area contributed by atoms with Crippen molar-refractivity contribution in [3.05, 3.63) is 41.2 Å². The molecule has 14 heavy (non-hydrogen) atoms. The van der Waals surface area contributed by atoms with E-state index in [9.17, 15) is 4.79 Å². The Hall–Kier alpha value is -0.510. The largest absolute Gasteiger partial charge is 1.00 e. The summed E-state index contributed by atoms with van der Waals surface area (Å²) in [4.78, 5) is 10.7. The van der Waals surface area contributed by atoms with Gasteiger partial charge in [-0.3, -0.25) is 4.79 Å². The number of hydrogen-bond acceptors (Lipinski definition) is 2. The molecule has 1 aliphatic rings. The van der Waals surface area contributed by atoms with Crippen molar-refractivity contribution in [1.82, 2.24) is 0 Å². The molecule has 0 spiro atoms. The van der Waals surface area contributed by atoms with Gasteiger partial charge in [0.05, 0.1) is 6.61 Å². The Kier molecular flexibility index (Phi) is 4.45. The van der Waals surface area contributed by atoms with Crippen LogP contribution in [0.2, 0.25) is 0 Å². The fourth-order valence-electron chi connectivity index (χ4n) is 1.38. The summed E-state index contributed by atoms with van der Waals surface area (Å²) in [5.74, 6) is 0. The SMILES string of the molecule is O=C1[N-][C@@H](Cc2ccccc2)CO1.[Na+]. The van der Waals surface area contributed by atoms with E-state index < -0.39 is 6.09 Å². The molecule has 0 bridgehead atoms. The Bertz CT molecular complexity index is 302. The first kappa shape index (κ1) is 11.6. The maximum absolute atomic E-state index is 10.7. The number of benzene rings is 1. The molecule has 0 N–H and O–H groups in total. The van der Waals surface area contributed by atoms with Gasteiger partial charge in [-0.05, 0) is 12.0 Å². The number of amides is 1. The van der Waals surface area contributed by atoms with Gasteiger partial charge >= 0.3 is 29.6 Å². The van der Waals surface area contributed by atoms with E-state index in [4.69, 9.17) is 4.74 Å². The number of ether oxygens (including phenoxy) is 1. The second-order valence-electron chi connectivity index (χ2n) is 3.05. The number of hydrogen-bond donors (Lipinski definition) is 0. The third-order valence-corrected chi connectivity index (χ3v) is 2.00. The molecule has 4 heteroatoms. The molecule has 1 heterocycles. The standard InChI is InChI=1S/C10H11NO2.Na/c12-10-11-9(7-13-10)6-8-4-2-1-3-5-8;/h1-5,9H,6-7H2,(H,11,12);/q;+1/p-1/t9-;/m0./s1. The van der Waals surface area contributed by atoms with Crippen LogP contribution in [-0.2, 0) is 11.2 Å². The molecular formula is C10H10NNaO2. The maximum atomic E-state index is 10.7. The third-order valence-electron chi connectivity index (χ3n) is 2.00. The van der Waals surface area contributed by atoms with Gasteiger partial charge in [-0.25, -0.2) is 0 Å². The minimum Gasteiger partial charge on any atom is -0.612 e. The van der Waals surface area contributed by atoms with Gasteiger partial charge in [-0.2, -0.15) is 0 Å². The van der Waals surface area contributed by atoms with Crippen LogP contribution in [0.1, 0.15) is 5.56 Å². The van der Waals surface area contributed by atoms with Gasteiger partial charge in [-0.1, -0.05) is 36.4 Å². The molecule has 1 amide bonds. The number of nitrogens with zero attached hydrogens (tertiary/aromatic N) is 1. The monoisotopic (exact) mass is 199 g/mol. The second kappa shape index (κ2) is 5.39. The van der Waals surface area contributed by atoms with Crippen molar-refractivity contribution < 1.29 is 39.1 Å². The van der Waals surface area contributed by atoms with Crippen molar-refractivity contribution in [2.24, 2.45) is 0 Å². The van der Waals surface area contributed by atoms with Crippen LogP contribution in [0.5, 0.6) is 0 Å². The minimum absolute atomic E-state index is 0. The van der Waals surface area contributed by atoms with Gasteiger partial charge in [0.15, 0.2) is 0 Å². The third kappa shape index (κ3) is 3.01. The summed E-state index contributed by atoms with van der Waals surface area (Å²) in [6.45, 7) is 0.424. The average Bonchev–Trinajstić information content (AvgIpc) is 2.53. The average molecular weight is 199 g/mol. The first-order valence-electron chi connectivity index (χ1n) is 4.26. The molecule has 2 rings (SSSR count). The molecule has 0 aromatic heterocycles. The zero-order valence-corrected chi connectivity index (χ0v) is 10.1. The predicted octanol–water partition coefficient (Wildman–Crippen LogP) is -0.874. The topological polar surface area (TPSA) is 40.4 Å². The smallest absolute Gasteiger partial charge is 0.612 e. The van der Waals surface area contributed by atoms with Crippen molar-refractivity contribution >= 4 is 6.09 Å². The fourth-order valence-corrected chi connectivity index (χ4v) is 1.38. The summed E-state index contributed by atoms with van der Waals surface area (Å²) < 4.78 is 4.73. The van der Waals surface area contributed by atoms with E-state index in [1.165, 1.54) is 5.56 Å². The number of carbonyl (C=O) groups excluding carboxylic acids is 1. The Morgan fingerprint density at radius 1 is 1.36 bits per heavy atom. The van der Waals surface area contributed by atoms with Crippen LogP contribution in [0.25, 0.3) is 5.32 Å². The molecule has 1 aromatic rings. The van der Waals surface area contributed by atoms with Crippen molar-refractivity contribution in [2.75, 3.05) is 6.61 Å². The van der Waals surface area contributed by atoms with Crippen molar-refractivity contribution in [3.8, 4) is 0 Å². The Morgan fingerprint density at radius 3 is 2.64 bits per heavy atom. The van der Waals surface area contributed by atoms with Gasteiger partial charge in [0.1, 0.15) is 0 Å². The van der Waals surface area contributed by atoms with Crippen molar-refractivity contribution in [3.63, 3.8) is 0 Å². The molecule has 1 saturated heterocycles. The van der Waals surface area contributed by atoms with Crippen molar-refractivity contribution in [2.45, 2.75) is 12.5 Å². The summed E-state index contributed by atoms with van der Waals surface area (Å²) in [5.41, 5.74) is 1.19. The number of carbonyl (C=O) groups is 1. The van der Waals surface area contributed by atoms with Crippen LogP contribution in [0, 0.1) is 0 Å². The molecule has 1 atom stereocenters. The molecular weight excluding hydrogens is 189 g/mol. The molecule has 68 valence electrons. The summed E-state index contributed by atoms with van der Waals surface area (Å²) in [6.07, 6.45) is 0.355. The quantitative estimate of drug-likeness (QED) is 0.581. The molecule has 1 fully saturated rings. The Morgan fingerprint density at radius 2 is 2.07 bits per heavy atom. The Labute approximate surface area is 105 Å². The van der Waals surface area contributed by atoms with E-state index in [0.717, 1.165) is 6.42 Å². The van der Waals surface area contributed by atoms with Gasteiger partial charge in [-0.15, -0.1) is 0 Å². The summed E-state index contributed by atoms with van der Waals surface area (Å²) >= 11 is 0. The van der Waals surface area contributed by atoms with E-state index in [0.29, 0.717) is 6.61 Å². The summed E-state index contributed by atoms with van der Waals surface area (Å²) in [7, 11) is 0. The van der Waals surface area contributed by atoms with Gasteiger partial charge in [0, 0.05) is 0 Å². The van der Waals surface area contributed by atoms with E-state index >= 15 is 0 Å². The number of rotatable bonds is 2. The summed E-state index contributed by atoms with van der Waals surface area (Å²) in [5, 5.41) is 3.82. The van der Waals surface area contributed by atoms with Crippen molar-refractivity contribution in [1.29, 1.82) is 0 Å². The first-order chi connectivity index (χ1) is 6.34. The molecule has 0 aliphatic carbocycles. The minimum atomic E-state index is -0.430. The predicted molar refractivity (Wildman–Crippen MR) is 48.6 cm³/mol. The number of cyclic esters (lactones) is 1. The van der Waals surface area contributed by atoms with Crippen LogP contribution >= 0.6 is 0 Å². The van der Waals surface area contributed by atoms with E-state index in [-0.39, 0.29) is 35.6 Å². The fraction of sp³-hybridized carbons (Fsp3) is 0.300. The van der Waals surface area contributed by atoms with Crippen LogP contribution in [0.4, 0.5) is 4.79 Å². The van der Waals surface area contributed by atoms with Crippen LogP contribution in [-0.4, -0.2) is 18.7 Å². The first-order valence-corrected chi connectivity index (χ1v) is 4.26. The molecule has 3 nitrogen and oxygen atoms in total. The molecule has 1 aromatic carbocycles. The van der Waals surface area contributed by atoms with Crippen LogP contribution < -0.4 is 29.6 Å². The molecule has 0 unspecified atom stereocenters. The molecule has 1 aliphatic heterocycles. The normalized spacial score (nSPS) is 19.4. The zero-order valence-electron chi connectivity index (χ0n) is 8.14. The van der Waals surface area contributed by atoms with E-state index in [1.54, 1.807) is 0 Å². The maximum Gasteiger partial charge on any atom is 1.00 e. The van der Waals surface area contributed by atoms with Gasteiger partial charge in [0.25, 0.3) is 0 Å². The Balaban J connectivity index is 0.000000980. The van der Waals surface area contributed by atoms with Gasteiger partial charge < -0.3 is 10.1 Å². The van der Waals surface area contributed by atoms with E-state index in [2.05, 4.69) is 5.32 Å². The van der Waals surface area contributed by atoms with Gasteiger partial charge in [0.2, 0.25) is 6.09 Å². The van der Waals surface area contributed by atoms with E-state index in [1.807, 2.05) is 30.3 Å².